The van der Waals surface area contributed by atoms with Gasteiger partial charge >= 0.3 is 0 Å². The summed E-state index contributed by atoms with van der Waals surface area (Å²) < 4.78 is 1.03. The van der Waals surface area contributed by atoms with E-state index in [9.17, 15) is 9.90 Å². The Labute approximate surface area is 126 Å². The van der Waals surface area contributed by atoms with E-state index in [4.69, 9.17) is 5.73 Å². The van der Waals surface area contributed by atoms with Crippen LogP contribution in [0.3, 0.4) is 0 Å². The molecule has 0 saturated heterocycles. The number of thioether (sulfide) groups is 1. The summed E-state index contributed by atoms with van der Waals surface area (Å²) in [5, 5.41) is 13.8. The molecule has 0 aliphatic carbocycles. The lowest BCUT2D eigenvalue weighted by Gasteiger charge is -2.22. The van der Waals surface area contributed by atoms with E-state index in [1.807, 2.05) is 30.5 Å². The van der Waals surface area contributed by atoms with E-state index < -0.39 is 5.60 Å². The number of hydrogen-bond donors (Lipinski definition) is 3. The fourth-order valence-electron chi connectivity index (χ4n) is 1.89. The number of hydrogen-bond acceptors (Lipinski definition) is 5. The molecule has 1 aromatic carbocycles. The van der Waals surface area contributed by atoms with Crippen LogP contribution in [0.2, 0.25) is 0 Å². The topological polar surface area (TPSA) is 75.3 Å². The molecule has 0 spiro atoms. The van der Waals surface area contributed by atoms with Crippen LogP contribution < -0.4 is 11.1 Å². The number of rotatable bonds is 5. The fourth-order valence-corrected chi connectivity index (χ4v) is 3.58. The highest BCUT2D eigenvalue weighted by Gasteiger charge is 2.21. The van der Waals surface area contributed by atoms with E-state index in [2.05, 4.69) is 5.32 Å². The first kappa shape index (κ1) is 15.2. The third kappa shape index (κ3) is 3.65. The molecule has 0 aliphatic heterocycles. The zero-order chi connectivity index (χ0) is 14.8. The van der Waals surface area contributed by atoms with Crippen molar-refractivity contribution >= 4 is 44.8 Å². The Morgan fingerprint density at radius 1 is 1.50 bits per heavy atom. The quantitative estimate of drug-likeness (QED) is 0.741. The molecule has 1 atom stereocenters. The molecule has 20 heavy (non-hydrogen) atoms. The van der Waals surface area contributed by atoms with E-state index in [1.165, 1.54) is 11.3 Å². The van der Waals surface area contributed by atoms with Crippen LogP contribution in [0.25, 0.3) is 10.1 Å². The minimum Gasteiger partial charge on any atom is -0.399 e. The van der Waals surface area contributed by atoms with Gasteiger partial charge in [0, 0.05) is 22.7 Å². The molecule has 1 amide bonds. The monoisotopic (exact) mass is 310 g/mol. The Morgan fingerprint density at radius 2 is 2.25 bits per heavy atom. The summed E-state index contributed by atoms with van der Waals surface area (Å²) in [6, 6.07) is 7.42. The molecule has 4 N–H and O–H groups in total. The molecule has 0 radical (unpaired) electrons. The molecule has 4 nitrogen and oxygen atoms in total. The van der Waals surface area contributed by atoms with Gasteiger partial charge in [-0.3, -0.25) is 4.79 Å². The van der Waals surface area contributed by atoms with Crippen molar-refractivity contribution in [3.8, 4) is 0 Å². The van der Waals surface area contributed by atoms with Crippen LogP contribution in [0.4, 0.5) is 5.69 Å². The van der Waals surface area contributed by atoms with Crippen molar-refractivity contribution in [3.63, 3.8) is 0 Å². The molecule has 108 valence electrons. The molecule has 1 unspecified atom stereocenters. The van der Waals surface area contributed by atoms with Crippen LogP contribution >= 0.6 is 23.1 Å². The van der Waals surface area contributed by atoms with Crippen LogP contribution in [-0.4, -0.2) is 35.2 Å². The maximum atomic E-state index is 12.1. The molecule has 1 aromatic heterocycles. The standard InChI is InChI=1S/C14H18N2O2S2/c1-14(18,8-19-2)7-16-13(17)12-6-9-5-10(15)3-4-11(9)20-12/h3-6,18H,7-8,15H2,1-2H3,(H,16,17). The van der Waals surface area contributed by atoms with E-state index in [0.717, 1.165) is 10.1 Å². The highest BCUT2D eigenvalue weighted by atomic mass is 32.2. The summed E-state index contributed by atoms with van der Waals surface area (Å²) >= 11 is 2.97. The Morgan fingerprint density at radius 3 is 2.95 bits per heavy atom. The van der Waals surface area contributed by atoms with Gasteiger partial charge in [-0.05, 0) is 42.8 Å². The second kappa shape index (κ2) is 6.03. The first-order valence-corrected chi connectivity index (χ1v) is 8.41. The van der Waals surface area contributed by atoms with Gasteiger partial charge in [-0.1, -0.05) is 0 Å². The number of nitrogens with one attached hydrogen (secondary N) is 1. The summed E-state index contributed by atoms with van der Waals surface area (Å²) in [7, 11) is 0. The summed E-state index contributed by atoms with van der Waals surface area (Å²) in [4.78, 5) is 12.7. The Bertz CT molecular complexity index is 623. The highest BCUT2D eigenvalue weighted by molar-refractivity contribution is 7.98. The molecule has 6 heteroatoms. The normalized spacial score (nSPS) is 14.2. The molecular weight excluding hydrogens is 292 g/mol. The van der Waals surface area contributed by atoms with Gasteiger partial charge in [0.25, 0.3) is 5.91 Å². The van der Waals surface area contributed by atoms with Gasteiger partial charge in [0.1, 0.15) is 0 Å². The summed E-state index contributed by atoms with van der Waals surface area (Å²) in [6.07, 6.45) is 1.92. The summed E-state index contributed by atoms with van der Waals surface area (Å²) in [5.74, 6) is 0.419. The molecule has 1 heterocycles. The SMILES string of the molecule is CSCC(C)(O)CNC(=O)c1cc2cc(N)ccc2s1. The number of aliphatic hydroxyl groups is 1. The van der Waals surface area contributed by atoms with Crippen molar-refractivity contribution < 1.29 is 9.90 Å². The molecule has 0 aliphatic rings. The molecule has 0 bridgehead atoms. The zero-order valence-corrected chi connectivity index (χ0v) is 13.1. The first-order chi connectivity index (χ1) is 9.41. The lowest BCUT2D eigenvalue weighted by molar-refractivity contribution is 0.0727. The van der Waals surface area contributed by atoms with Crippen LogP contribution in [0.1, 0.15) is 16.6 Å². The number of benzene rings is 1. The lowest BCUT2D eigenvalue weighted by Crippen LogP contribution is -2.42. The lowest BCUT2D eigenvalue weighted by atomic mass is 10.1. The summed E-state index contributed by atoms with van der Waals surface area (Å²) in [5.41, 5.74) is 5.52. The van der Waals surface area contributed by atoms with Crippen LogP contribution in [-0.2, 0) is 0 Å². The van der Waals surface area contributed by atoms with E-state index in [1.54, 1.807) is 18.7 Å². The molecule has 2 aromatic rings. The number of carbonyl (C=O) groups excluding carboxylic acids is 1. The van der Waals surface area contributed by atoms with E-state index in [0.29, 0.717) is 16.3 Å². The third-order valence-corrected chi connectivity index (χ3v) is 4.87. The van der Waals surface area contributed by atoms with Gasteiger partial charge in [-0.25, -0.2) is 0 Å². The second-order valence-electron chi connectivity index (χ2n) is 5.02. The molecule has 0 saturated carbocycles. The van der Waals surface area contributed by atoms with Gasteiger partial charge in [-0.15, -0.1) is 11.3 Å². The maximum absolute atomic E-state index is 12.1. The predicted octanol–water partition coefficient (Wildman–Crippen LogP) is 2.33. The third-order valence-electron chi connectivity index (χ3n) is 2.85. The summed E-state index contributed by atoms with van der Waals surface area (Å²) in [6.45, 7) is 1.96. The predicted molar refractivity (Wildman–Crippen MR) is 87.6 cm³/mol. The number of fused-ring (bicyclic) bond motifs is 1. The number of amides is 1. The largest absolute Gasteiger partial charge is 0.399 e. The number of nitrogens with two attached hydrogens (primary N) is 1. The van der Waals surface area contributed by atoms with Gasteiger partial charge in [0.2, 0.25) is 0 Å². The average molecular weight is 310 g/mol. The van der Waals surface area contributed by atoms with Gasteiger partial charge in [-0.2, -0.15) is 11.8 Å². The van der Waals surface area contributed by atoms with Crippen molar-refractivity contribution in [2.45, 2.75) is 12.5 Å². The minimum atomic E-state index is -0.893. The van der Waals surface area contributed by atoms with Crippen molar-refractivity contribution in [2.24, 2.45) is 0 Å². The second-order valence-corrected chi connectivity index (χ2v) is 6.97. The number of anilines is 1. The number of nitrogen functional groups attached to an aromatic ring is 1. The average Bonchev–Trinajstić information content (AvgIpc) is 2.79. The number of carbonyl (C=O) groups is 1. The van der Waals surface area contributed by atoms with Crippen LogP contribution in [0.15, 0.2) is 24.3 Å². The zero-order valence-electron chi connectivity index (χ0n) is 11.5. The smallest absolute Gasteiger partial charge is 0.261 e. The van der Waals surface area contributed by atoms with Crippen molar-refractivity contribution in [3.05, 3.63) is 29.1 Å². The number of thiophene rings is 1. The highest BCUT2D eigenvalue weighted by Crippen LogP contribution is 2.27. The van der Waals surface area contributed by atoms with Crippen LogP contribution in [0, 0.1) is 0 Å². The molecule has 2 rings (SSSR count). The Hall–Kier alpha value is -1.24. The Kier molecular flexibility index (Phi) is 4.57. The van der Waals surface area contributed by atoms with Gasteiger partial charge < -0.3 is 16.2 Å². The fraction of sp³-hybridized carbons (Fsp3) is 0.357. The van der Waals surface area contributed by atoms with Gasteiger partial charge in [0.15, 0.2) is 0 Å². The van der Waals surface area contributed by atoms with Crippen molar-refractivity contribution in [1.29, 1.82) is 0 Å². The van der Waals surface area contributed by atoms with Crippen LogP contribution in [0.5, 0.6) is 0 Å². The molecular formula is C14H18N2O2S2. The van der Waals surface area contributed by atoms with E-state index >= 15 is 0 Å². The Balaban J connectivity index is 2.08. The minimum absolute atomic E-state index is 0.161. The van der Waals surface area contributed by atoms with Crippen molar-refractivity contribution in [2.75, 3.05) is 24.3 Å². The van der Waals surface area contributed by atoms with Gasteiger partial charge in [0.05, 0.1) is 10.5 Å². The van der Waals surface area contributed by atoms with E-state index in [-0.39, 0.29) is 12.5 Å². The van der Waals surface area contributed by atoms with Crippen molar-refractivity contribution in [1.82, 2.24) is 5.32 Å². The first-order valence-electron chi connectivity index (χ1n) is 6.20. The molecule has 0 fully saturated rings. The maximum Gasteiger partial charge on any atom is 0.261 e.